The molecule has 4 nitrogen and oxygen atoms in total. The Morgan fingerprint density at radius 2 is 0.900 bits per heavy atom. The molecule has 3 heterocycles. The maximum Gasteiger partial charge on any atom is 0.165 e. The van der Waals surface area contributed by atoms with Gasteiger partial charge in [-0.1, -0.05) is 121 Å². The Labute approximate surface area is 287 Å². The molecule has 0 saturated carbocycles. The van der Waals surface area contributed by atoms with E-state index in [1.165, 1.54) is 54.1 Å². The quantitative estimate of drug-likeness (QED) is 0.193. The van der Waals surface area contributed by atoms with E-state index in [1.807, 2.05) is 30.3 Å². The average Bonchev–Trinajstić information content (AvgIpc) is 3.71. The van der Waals surface area contributed by atoms with E-state index in [4.69, 9.17) is 9.97 Å². The van der Waals surface area contributed by atoms with Gasteiger partial charge in [0.25, 0.3) is 0 Å². The van der Waals surface area contributed by atoms with Crippen LogP contribution in [-0.2, 0) is 0 Å². The van der Waals surface area contributed by atoms with Gasteiger partial charge in [-0.25, -0.2) is 9.97 Å². The average molecular weight is 637 g/mol. The zero-order valence-corrected chi connectivity index (χ0v) is 27.0. The zero-order valence-electron chi connectivity index (χ0n) is 27.0. The third-order valence-corrected chi connectivity index (χ3v) is 10.3. The van der Waals surface area contributed by atoms with Gasteiger partial charge >= 0.3 is 0 Å². The zero-order chi connectivity index (χ0) is 32.8. The lowest BCUT2D eigenvalue weighted by molar-refractivity contribution is 1.08. The van der Waals surface area contributed by atoms with E-state index >= 15 is 0 Å². The van der Waals surface area contributed by atoms with Crippen molar-refractivity contribution in [3.05, 3.63) is 170 Å². The molecule has 232 valence electrons. The molecule has 0 aliphatic carbocycles. The minimum absolute atomic E-state index is 0.823. The molecule has 0 aliphatic rings. The van der Waals surface area contributed by atoms with E-state index in [1.54, 1.807) is 0 Å². The largest absolute Gasteiger partial charge is 0.309 e. The van der Waals surface area contributed by atoms with Gasteiger partial charge in [0, 0.05) is 32.8 Å². The van der Waals surface area contributed by atoms with Gasteiger partial charge in [-0.05, 0) is 70.1 Å². The lowest BCUT2D eigenvalue weighted by Crippen LogP contribution is -2.03. The summed E-state index contributed by atoms with van der Waals surface area (Å²) in [5.74, 6) is 0.823. The smallest absolute Gasteiger partial charge is 0.165 e. The van der Waals surface area contributed by atoms with E-state index in [-0.39, 0.29) is 0 Å². The Morgan fingerprint density at radius 1 is 0.360 bits per heavy atom. The van der Waals surface area contributed by atoms with Crippen LogP contribution in [-0.4, -0.2) is 19.1 Å². The van der Waals surface area contributed by atoms with Crippen molar-refractivity contribution in [3.8, 4) is 22.8 Å². The molecule has 0 atom stereocenters. The van der Waals surface area contributed by atoms with Gasteiger partial charge in [0.05, 0.1) is 33.1 Å². The highest BCUT2D eigenvalue weighted by Gasteiger charge is 2.21. The topological polar surface area (TPSA) is 35.6 Å². The Kier molecular flexibility index (Phi) is 5.63. The third-order valence-electron chi connectivity index (χ3n) is 10.3. The molecule has 0 spiro atoms. The van der Waals surface area contributed by atoms with Gasteiger partial charge in [-0.3, -0.25) is 4.57 Å². The summed E-state index contributed by atoms with van der Waals surface area (Å²) in [6.45, 7) is 0. The first-order valence-electron chi connectivity index (χ1n) is 17.0. The van der Waals surface area contributed by atoms with Crippen molar-refractivity contribution in [2.75, 3.05) is 0 Å². The number of fused-ring (bicyclic) bond motifs is 11. The minimum Gasteiger partial charge on any atom is -0.309 e. The molecular formula is C46H28N4. The monoisotopic (exact) mass is 636 g/mol. The molecule has 11 rings (SSSR count). The number of benzene rings is 8. The normalized spacial score (nSPS) is 12.0. The molecule has 11 aromatic rings. The molecule has 0 saturated heterocycles. The molecule has 0 amide bonds. The van der Waals surface area contributed by atoms with Gasteiger partial charge in [0.2, 0.25) is 0 Å². The van der Waals surface area contributed by atoms with Crippen LogP contribution in [0.4, 0.5) is 0 Å². The standard InChI is InChI=1S/C46H28N4/c1-2-14-31(15-3-1)45-46(48-38-20-10-9-19-37(38)47-45)50-39-21-11-8-18-35(39)36-28-32(24-27-40(36)50)49-41-25-22-29-12-4-6-16-33(29)43(41)44-34-17-7-5-13-30(34)23-26-42(44)49/h1-28H. The predicted molar refractivity (Wildman–Crippen MR) is 209 cm³/mol. The van der Waals surface area contributed by atoms with Crippen LogP contribution in [0, 0.1) is 0 Å². The van der Waals surface area contributed by atoms with Crippen molar-refractivity contribution in [1.82, 2.24) is 19.1 Å². The molecule has 50 heavy (non-hydrogen) atoms. The number of hydrogen-bond acceptors (Lipinski definition) is 2. The van der Waals surface area contributed by atoms with Crippen LogP contribution in [0.25, 0.3) is 99.0 Å². The van der Waals surface area contributed by atoms with Crippen LogP contribution >= 0.6 is 0 Å². The second kappa shape index (κ2) is 10.4. The first kappa shape index (κ1) is 27.2. The van der Waals surface area contributed by atoms with Gasteiger partial charge in [0.15, 0.2) is 5.82 Å². The van der Waals surface area contributed by atoms with Crippen LogP contribution in [0.5, 0.6) is 0 Å². The molecule has 0 N–H and O–H groups in total. The lowest BCUT2D eigenvalue weighted by atomic mass is 10.00. The summed E-state index contributed by atoms with van der Waals surface area (Å²) in [6, 6.07) is 60.6. The molecule has 0 radical (unpaired) electrons. The molecule has 0 bridgehead atoms. The molecule has 0 aliphatic heterocycles. The Hall–Kier alpha value is -6.78. The fourth-order valence-corrected chi connectivity index (χ4v) is 8.09. The van der Waals surface area contributed by atoms with Crippen LogP contribution in [0.15, 0.2) is 170 Å². The van der Waals surface area contributed by atoms with Crippen molar-refractivity contribution in [2.45, 2.75) is 0 Å². The highest BCUT2D eigenvalue weighted by molar-refractivity contribution is 6.28. The Balaban J connectivity index is 1.24. The molecule has 0 fully saturated rings. The van der Waals surface area contributed by atoms with Crippen molar-refractivity contribution < 1.29 is 0 Å². The first-order chi connectivity index (χ1) is 24.8. The third kappa shape index (κ3) is 3.81. The molecule has 8 aromatic carbocycles. The van der Waals surface area contributed by atoms with Crippen LogP contribution in [0.2, 0.25) is 0 Å². The summed E-state index contributed by atoms with van der Waals surface area (Å²) in [5.41, 5.74) is 9.35. The highest BCUT2D eigenvalue weighted by Crippen LogP contribution is 2.42. The second-order valence-corrected chi connectivity index (χ2v) is 13.0. The second-order valence-electron chi connectivity index (χ2n) is 13.0. The van der Waals surface area contributed by atoms with Crippen molar-refractivity contribution >= 4 is 76.2 Å². The summed E-state index contributed by atoms with van der Waals surface area (Å²) in [6.07, 6.45) is 0. The number of rotatable bonds is 3. The van der Waals surface area contributed by atoms with Crippen molar-refractivity contribution in [1.29, 1.82) is 0 Å². The van der Waals surface area contributed by atoms with Crippen LogP contribution < -0.4 is 0 Å². The SMILES string of the molecule is c1ccc(-c2nc3ccccc3nc2-n2c3ccccc3c3cc(-n4c5ccc6ccccc6c5c5c6ccccc6ccc54)ccc32)cc1. The van der Waals surface area contributed by atoms with Gasteiger partial charge in [-0.2, -0.15) is 0 Å². The van der Waals surface area contributed by atoms with E-state index in [2.05, 4.69) is 149 Å². The minimum atomic E-state index is 0.823. The van der Waals surface area contributed by atoms with E-state index in [9.17, 15) is 0 Å². The lowest BCUT2D eigenvalue weighted by Gasteiger charge is -2.14. The van der Waals surface area contributed by atoms with E-state index in [0.29, 0.717) is 0 Å². The molecule has 0 unspecified atom stereocenters. The fraction of sp³-hybridized carbons (Fsp3) is 0. The summed E-state index contributed by atoms with van der Waals surface area (Å²) in [7, 11) is 0. The van der Waals surface area contributed by atoms with E-state index < -0.39 is 0 Å². The van der Waals surface area contributed by atoms with Gasteiger partial charge in [0.1, 0.15) is 5.69 Å². The first-order valence-corrected chi connectivity index (χ1v) is 17.0. The summed E-state index contributed by atoms with van der Waals surface area (Å²) >= 11 is 0. The predicted octanol–water partition coefficient (Wildman–Crippen LogP) is 11.8. The van der Waals surface area contributed by atoms with Crippen LogP contribution in [0.3, 0.4) is 0 Å². The molecular weight excluding hydrogens is 609 g/mol. The number of aromatic nitrogens is 4. The highest BCUT2D eigenvalue weighted by atomic mass is 15.1. The maximum atomic E-state index is 5.30. The number of nitrogens with zero attached hydrogens (tertiary/aromatic N) is 4. The Bertz CT molecular complexity index is 3060. The maximum absolute atomic E-state index is 5.30. The summed E-state index contributed by atoms with van der Waals surface area (Å²) in [4.78, 5) is 10.5. The molecule has 3 aromatic heterocycles. The van der Waals surface area contributed by atoms with Crippen molar-refractivity contribution in [2.24, 2.45) is 0 Å². The number of para-hydroxylation sites is 3. The van der Waals surface area contributed by atoms with E-state index in [0.717, 1.165) is 44.8 Å². The Morgan fingerprint density at radius 3 is 1.60 bits per heavy atom. The van der Waals surface area contributed by atoms with Crippen molar-refractivity contribution in [3.63, 3.8) is 0 Å². The fourth-order valence-electron chi connectivity index (χ4n) is 8.09. The summed E-state index contributed by atoms with van der Waals surface area (Å²) < 4.78 is 4.74. The van der Waals surface area contributed by atoms with Crippen LogP contribution in [0.1, 0.15) is 0 Å². The number of hydrogen-bond donors (Lipinski definition) is 0. The summed E-state index contributed by atoms with van der Waals surface area (Å²) in [5, 5.41) is 9.95. The van der Waals surface area contributed by atoms with Gasteiger partial charge < -0.3 is 4.57 Å². The van der Waals surface area contributed by atoms with Gasteiger partial charge in [-0.15, -0.1) is 0 Å². The molecule has 4 heteroatoms.